The van der Waals surface area contributed by atoms with Crippen molar-refractivity contribution in [1.29, 1.82) is 0 Å². The molecule has 3 heterocycles. The second-order valence-electron chi connectivity index (χ2n) is 4.61. The lowest BCUT2D eigenvalue weighted by Crippen LogP contribution is -2.21. The van der Waals surface area contributed by atoms with Crippen LogP contribution in [0.4, 0.5) is 5.95 Å². The van der Waals surface area contributed by atoms with E-state index in [-0.39, 0.29) is 5.28 Å². The van der Waals surface area contributed by atoms with Crippen molar-refractivity contribution in [2.24, 2.45) is 0 Å². The maximum atomic E-state index is 6.01. The zero-order chi connectivity index (χ0) is 13.2. The summed E-state index contributed by atoms with van der Waals surface area (Å²) in [5.41, 5.74) is 1.84. The molecule has 0 aromatic carbocycles. The van der Waals surface area contributed by atoms with Gasteiger partial charge in [0.25, 0.3) is 0 Å². The first-order chi connectivity index (χ1) is 9.22. The molecule has 0 spiro atoms. The normalized spacial score (nSPS) is 14.9. The lowest BCUT2D eigenvalue weighted by molar-refractivity contribution is 0.882. The van der Waals surface area contributed by atoms with E-state index in [2.05, 4.69) is 24.8 Å². The second-order valence-corrected chi connectivity index (χ2v) is 4.95. The molecule has 0 atom stereocenters. The van der Waals surface area contributed by atoms with Gasteiger partial charge in [0.2, 0.25) is 11.2 Å². The lowest BCUT2D eigenvalue weighted by atomic mass is 10.2. The van der Waals surface area contributed by atoms with Crippen LogP contribution in [0.5, 0.6) is 0 Å². The van der Waals surface area contributed by atoms with Crippen molar-refractivity contribution in [2.75, 3.05) is 18.0 Å². The van der Waals surface area contributed by atoms with E-state index in [1.807, 2.05) is 19.1 Å². The third kappa shape index (κ3) is 2.66. The van der Waals surface area contributed by atoms with Crippen LogP contribution >= 0.6 is 11.6 Å². The van der Waals surface area contributed by atoms with Gasteiger partial charge in [-0.15, -0.1) is 0 Å². The summed E-state index contributed by atoms with van der Waals surface area (Å²) in [6, 6.07) is 3.83. The number of rotatable bonds is 2. The van der Waals surface area contributed by atoms with Crippen LogP contribution in [0.15, 0.2) is 18.3 Å². The van der Waals surface area contributed by atoms with E-state index >= 15 is 0 Å². The molecular formula is C13H14ClN5. The molecule has 6 heteroatoms. The third-order valence-electron chi connectivity index (χ3n) is 3.14. The molecule has 0 amide bonds. The Morgan fingerprint density at radius 2 is 1.95 bits per heavy atom. The zero-order valence-corrected chi connectivity index (χ0v) is 11.4. The van der Waals surface area contributed by atoms with Crippen LogP contribution in [0.3, 0.4) is 0 Å². The first-order valence-corrected chi connectivity index (χ1v) is 6.70. The Morgan fingerprint density at radius 1 is 1.16 bits per heavy atom. The Hall–Kier alpha value is -1.75. The van der Waals surface area contributed by atoms with Gasteiger partial charge < -0.3 is 4.90 Å². The first-order valence-electron chi connectivity index (χ1n) is 6.32. The molecule has 3 rings (SSSR count). The number of anilines is 1. The van der Waals surface area contributed by atoms with Gasteiger partial charge in [0.05, 0.1) is 0 Å². The molecule has 0 aliphatic carbocycles. The number of hydrogen-bond acceptors (Lipinski definition) is 5. The molecule has 0 saturated carbocycles. The predicted molar refractivity (Wildman–Crippen MR) is 74.3 cm³/mol. The molecular weight excluding hydrogens is 262 g/mol. The topological polar surface area (TPSA) is 54.8 Å². The summed E-state index contributed by atoms with van der Waals surface area (Å²) in [4.78, 5) is 19.3. The molecule has 98 valence electrons. The highest BCUT2D eigenvalue weighted by atomic mass is 35.5. The lowest BCUT2D eigenvalue weighted by Gasteiger charge is -2.15. The van der Waals surface area contributed by atoms with Crippen LogP contribution in [-0.4, -0.2) is 33.0 Å². The van der Waals surface area contributed by atoms with Crippen LogP contribution in [0.1, 0.15) is 18.5 Å². The fourth-order valence-corrected chi connectivity index (χ4v) is 2.37. The predicted octanol–water partition coefficient (Wildman–Crippen LogP) is 2.50. The van der Waals surface area contributed by atoms with Crippen LogP contribution < -0.4 is 4.90 Å². The van der Waals surface area contributed by atoms with E-state index in [1.54, 1.807) is 6.20 Å². The molecule has 1 aliphatic rings. The van der Waals surface area contributed by atoms with Crippen molar-refractivity contribution in [3.63, 3.8) is 0 Å². The molecule has 2 aromatic heterocycles. The summed E-state index contributed by atoms with van der Waals surface area (Å²) in [5.74, 6) is 1.27. The van der Waals surface area contributed by atoms with Crippen molar-refractivity contribution >= 4 is 17.5 Å². The minimum atomic E-state index is 0.237. The number of hydrogen-bond donors (Lipinski definition) is 0. The zero-order valence-electron chi connectivity index (χ0n) is 10.7. The van der Waals surface area contributed by atoms with Gasteiger partial charge in [-0.25, -0.2) is 0 Å². The molecule has 19 heavy (non-hydrogen) atoms. The van der Waals surface area contributed by atoms with Gasteiger partial charge in [-0.1, -0.05) is 0 Å². The average molecular weight is 276 g/mol. The van der Waals surface area contributed by atoms with Crippen LogP contribution in [0, 0.1) is 6.92 Å². The molecule has 2 aromatic rings. The highest BCUT2D eigenvalue weighted by Crippen LogP contribution is 2.22. The molecule has 0 N–H and O–H groups in total. The van der Waals surface area contributed by atoms with Crippen LogP contribution in [-0.2, 0) is 0 Å². The Morgan fingerprint density at radius 3 is 2.68 bits per heavy atom. The highest BCUT2D eigenvalue weighted by Gasteiger charge is 2.17. The molecule has 1 aliphatic heterocycles. The first kappa shape index (κ1) is 12.3. The van der Waals surface area contributed by atoms with E-state index in [9.17, 15) is 0 Å². The summed E-state index contributed by atoms with van der Waals surface area (Å²) >= 11 is 6.01. The Bertz CT molecular complexity index is 595. The van der Waals surface area contributed by atoms with E-state index in [0.717, 1.165) is 24.3 Å². The van der Waals surface area contributed by atoms with Gasteiger partial charge in [0, 0.05) is 30.5 Å². The van der Waals surface area contributed by atoms with E-state index in [0.29, 0.717) is 11.8 Å². The summed E-state index contributed by atoms with van der Waals surface area (Å²) in [6.07, 6.45) is 4.10. The van der Waals surface area contributed by atoms with Gasteiger partial charge in [-0.3, -0.25) is 4.98 Å². The monoisotopic (exact) mass is 275 g/mol. The van der Waals surface area contributed by atoms with Gasteiger partial charge in [0.15, 0.2) is 5.82 Å². The van der Waals surface area contributed by atoms with Gasteiger partial charge >= 0.3 is 0 Å². The maximum absolute atomic E-state index is 6.01. The quantitative estimate of drug-likeness (QED) is 0.843. The molecule has 0 bridgehead atoms. The van der Waals surface area contributed by atoms with Gasteiger partial charge in [0.1, 0.15) is 0 Å². The van der Waals surface area contributed by atoms with E-state index in [4.69, 9.17) is 11.6 Å². The SMILES string of the molecule is Cc1cc(-c2nc(Cl)nc(N3CCCC3)n2)ccn1. The van der Waals surface area contributed by atoms with Crippen LogP contribution in [0.25, 0.3) is 11.4 Å². The second kappa shape index (κ2) is 5.09. The maximum Gasteiger partial charge on any atom is 0.230 e. The van der Waals surface area contributed by atoms with Crippen molar-refractivity contribution in [3.8, 4) is 11.4 Å². The Kier molecular flexibility index (Phi) is 3.29. The molecule has 0 unspecified atom stereocenters. The average Bonchev–Trinajstić information content (AvgIpc) is 2.92. The largest absolute Gasteiger partial charge is 0.341 e. The number of aryl methyl sites for hydroxylation is 1. The Balaban J connectivity index is 2.01. The fraction of sp³-hybridized carbons (Fsp3) is 0.385. The molecule has 1 fully saturated rings. The third-order valence-corrected chi connectivity index (χ3v) is 3.31. The molecule has 1 saturated heterocycles. The number of nitrogens with zero attached hydrogens (tertiary/aromatic N) is 5. The van der Waals surface area contributed by atoms with Crippen LogP contribution in [0.2, 0.25) is 5.28 Å². The molecule has 5 nitrogen and oxygen atoms in total. The summed E-state index contributed by atoms with van der Waals surface area (Å²) in [7, 11) is 0. The number of aromatic nitrogens is 4. The minimum Gasteiger partial charge on any atom is -0.341 e. The van der Waals surface area contributed by atoms with E-state index < -0.39 is 0 Å². The summed E-state index contributed by atoms with van der Waals surface area (Å²) in [6.45, 7) is 3.90. The standard InChI is InChI=1S/C13H14ClN5/c1-9-8-10(4-5-15-9)11-16-12(14)18-13(17-11)19-6-2-3-7-19/h4-5,8H,2-3,6-7H2,1H3. The number of pyridine rings is 1. The fourth-order valence-electron chi connectivity index (χ4n) is 2.21. The van der Waals surface area contributed by atoms with Crippen molar-refractivity contribution in [1.82, 2.24) is 19.9 Å². The molecule has 0 radical (unpaired) electrons. The van der Waals surface area contributed by atoms with Crippen molar-refractivity contribution in [3.05, 3.63) is 29.3 Å². The van der Waals surface area contributed by atoms with Crippen molar-refractivity contribution in [2.45, 2.75) is 19.8 Å². The highest BCUT2D eigenvalue weighted by molar-refractivity contribution is 6.28. The Labute approximate surface area is 116 Å². The summed E-state index contributed by atoms with van der Waals surface area (Å²) < 4.78 is 0. The summed E-state index contributed by atoms with van der Waals surface area (Å²) in [5, 5.41) is 0.237. The van der Waals surface area contributed by atoms with E-state index in [1.165, 1.54) is 12.8 Å². The van der Waals surface area contributed by atoms with Gasteiger partial charge in [-0.2, -0.15) is 15.0 Å². The number of halogens is 1. The van der Waals surface area contributed by atoms with Crippen molar-refractivity contribution < 1.29 is 0 Å². The smallest absolute Gasteiger partial charge is 0.230 e. The van der Waals surface area contributed by atoms with Gasteiger partial charge in [-0.05, 0) is 43.5 Å². The minimum absolute atomic E-state index is 0.237.